The molecule has 0 aliphatic carbocycles. The summed E-state index contributed by atoms with van der Waals surface area (Å²) in [7, 11) is 0. The van der Waals surface area contributed by atoms with Crippen LogP contribution in [0.5, 0.6) is 0 Å². The monoisotopic (exact) mass is 279 g/mol. The van der Waals surface area contributed by atoms with E-state index in [2.05, 4.69) is 38.0 Å². The van der Waals surface area contributed by atoms with Gasteiger partial charge < -0.3 is 4.90 Å². The molecule has 2 aromatic rings. The third kappa shape index (κ3) is 3.36. The van der Waals surface area contributed by atoms with Crippen LogP contribution in [0.4, 0.5) is 5.82 Å². The van der Waals surface area contributed by atoms with Crippen molar-refractivity contribution in [3.63, 3.8) is 0 Å². The highest BCUT2D eigenvalue weighted by Gasteiger charge is 2.17. The number of aromatic nitrogens is 2. The fraction of sp³-hybridized carbons (Fsp3) is 0.312. The van der Waals surface area contributed by atoms with Gasteiger partial charge in [0.05, 0.1) is 5.56 Å². The average molecular weight is 279 g/mol. The minimum absolute atomic E-state index is 0.607. The minimum atomic E-state index is 0.607. The molecule has 1 aliphatic heterocycles. The highest BCUT2D eigenvalue weighted by atomic mass is 15.3. The van der Waals surface area contributed by atoms with Crippen molar-refractivity contribution in [2.75, 3.05) is 31.1 Å². The molecule has 3 heterocycles. The Kier molecular flexibility index (Phi) is 4.08. The number of anilines is 1. The number of nitriles is 1. The van der Waals surface area contributed by atoms with Crippen LogP contribution in [0, 0.1) is 11.3 Å². The molecular weight excluding hydrogens is 262 g/mol. The molecule has 1 fully saturated rings. The van der Waals surface area contributed by atoms with Gasteiger partial charge in [0.15, 0.2) is 0 Å². The zero-order valence-electron chi connectivity index (χ0n) is 11.8. The second-order valence-corrected chi connectivity index (χ2v) is 5.14. The Morgan fingerprint density at radius 3 is 2.43 bits per heavy atom. The third-order valence-electron chi connectivity index (χ3n) is 3.73. The molecule has 0 unspecified atom stereocenters. The first-order valence-corrected chi connectivity index (χ1v) is 7.07. The number of pyridine rings is 2. The lowest BCUT2D eigenvalue weighted by molar-refractivity contribution is 0.249. The average Bonchev–Trinajstić information content (AvgIpc) is 2.57. The van der Waals surface area contributed by atoms with Crippen molar-refractivity contribution in [3.05, 3.63) is 54.0 Å². The molecule has 5 heteroatoms. The summed E-state index contributed by atoms with van der Waals surface area (Å²) >= 11 is 0. The molecular formula is C16H17N5. The van der Waals surface area contributed by atoms with Gasteiger partial charge in [-0.2, -0.15) is 5.26 Å². The largest absolute Gasteiger partial charge is 0.354 e. The van der Waals surface area contributed by atoms with Crippen molar-refractivity contribution in [1.82, 2.24) is 14.9 Å². The van der Waals surface area contributed by atoms with Gasteiger partial charge in [0, 0.05) is 51.3 Å². The fourth-order valence-corrected chi connectivity index (χ4v) is 2.52. The molecule has 0 spiro atoms. The van der Waals surface area contributed by atoms with E-state index in [4.69, 9.17) is 5.26 Å². The Bertz CT molecular complexity index is 609. The quantitative estimate of drug-likeness (QED) is 0.855. The normalized spacial score (nSPS) is 15.7. The van der Waals surface area contributed by atoms with Crippen LogP contribution in [-0.4, -0.2) is 41.0 Å². The van der Waals surface area contributed by atoms with Gasteiger partial charge in [-0.15, -0.1) is 0 Å². The number of hydrogen-bond acceptors (Lipinski definition) is 5. The summed E-state index contributed by atoms with van der Waals surface area (Å²) in [5.74, 6) is 0.956. The van der Waals surface area contributed by atoms with E-state index in [-0.39, 0.29) is 0 Å². The molecule has 0 bridgehead atoms. The van der Waals surface area contributed by atoms with Gasteiger partial charge in [0.25, 0.3) is 0 Å². The SMILES string of the molecule is N#Cc1ccc(N2CCN(Cc3ccncc3)CC2)nc1. The van der Waals surface area contributed by atoms with E-state index in [1.165, 1.54) is 5.56 Å². The lowest BCUT2D eigenvalue weighted by Gasteiger charge is -2.35. The van der Waals surface area contributed by atoms with Crippen molar-refractivity contribution in [3.8, 4) is 6.07 Å². The number of piperazine rings is 1. The summed E-state index contributed by atoms with van der Waals surface area (Å²) < 4.78 is 0. The molecule has 0 amide bonds. The van der Waals surface area contributed by atoms with E-state index < -0.39 is 0 Å². The van der Waals surface area contributed by atoms with Crippen LogP contribution in [0.1, 0.15) is 11.1 Å². The predicted octanol–water partition coefficient (Wildman–Crippen LogP) is 1.67. The molecule has 0 saturated carbocycles. The highest BCUT2D eigenvalue weighted by Crippen LogP contribution is 2.15. The maximum Gasteiger partial charge on any atom is 0.128 e. The molecule has 21 heavy (non-hydrogen) atoms. The lowest BCUT2D eigenvalue weighted by atomic mass is 10.2. The fourth-order valence-electron chi connectivity index (χ4n) is 2.52. The number of rotatable bonds is 3. The molecule has 0 atom stereocenters. The topological polar surface area (TPSA) is 56.1 Å². The van der Waals surface area contributed by atoms with Crippen LogP contribution in [0.15, 0.2) is 42.9 Å². The van der Waals surface area contributed by atoms with Crippen molar-refractivity contribution < 1.29 is 0 Å². The van der Waals surface area contributed by atoms with E-state index >= 15 is 0 Å². The van der Waals surface area contributed by atoms with Gasteiger partial charge >= 0.3 is 0 Å². The van der Waals surface area contributed by atoms with Gasteiger partial charge in [-0.25, -0.2) is 4.98 Å². The molecule has 2 aromatic heterocycles. The lowest BCUT2D eigenvalue weighted by Crippen LogP contribution is -2.46. The molecule has 1 aliphatic rings. The van der Waals surface area contributed by atoms with E-state index in [1.54, 1.807) is 6.20 Å². The van der Waals surface area contributed by atoms with Crippen LogP contribution in [0.25, 0.3) is 0 Å². The van der Waals surface area contributed by atoms with Gasteiger partial charge in [0.1, 0.15) is 11.9 Å². The Balaban J connectivity index is 1.56. The maximum absolute atomic E-state index is 8.80. The van der Waals surface area contributed by atoms with Crippen LogP contribution in [0.3, 0.4) is 0 Å². The summed E-state index contributed by atoms with van der Waals surface area (Å²) in [6.45, 7) is 4.93. The third-order valence-corrected chi connectivity index (χ3v) is 3.73. The van der Waals surface area contributed by atoms with E-state index in [1.807, 2.05) is 24.5 Å². The van der Waals surface area contributed by atoms with E-state index in [0.717, 1.165) is 38.5 Å². The van der Waals surface area contributed by atoms with Crippen LogP contribution in [0.2, 0.25) is 0 Å². The Labute approximate surface area is 124 Å². The zero-order valence-corrected chi connectivity index (χ0v) is 11.8. The van der Waals surface area contributed by atoms with E-state index in [0.29, 0.717) is 5.56 Å². The predicted molar refractivity (Wildman–Crippen MR) is 80.7 cm³/mol. The Hall–Kier alpha value is -2.45. The van der Waals surface area contributed by atoms with Crippen molar-refractivity contribution in [2.45, 2.75) is 6.54 Å². The molecule has 0 radical (unpaired) electrons. The van der Waals surface area contributed by atoms with Crippen molar-refractivity contribution in [1.29, 1.82) is 5.26 Å². The van der Waals surface area contributed by atoms with Gasteiger partial charge in [-0.1, -0.05) is 0 Å². The Morgan fingerprint density at radius 2 is 1.81 bits per heavy atom. The van der Waals surface area contributed by atoms with Crippen LogP contribution in [-0.2, 0) is 6.54 Å². The summed E-state index contributed by atoms with van der Waals surface area (Å²) in [5.41, 5.74) is 1.91. The first kappa shape index (κ1) is 13.5. The van der Waals surface area contributed by atoms with Gasteiger partial charge in [-0.3, -0.25) is 9.88 Å². The number of nitrogens with zero attached hydrogens (tertiary/aromatic N) is 5. The van der Waals surface area contributed by atoms with Crippen LogP contribution < -0.4 is 4.90 Å². The molecule has 5 nitrogen and oxygen atoms in total. The van der Waals surface area contributed by atoms with Crippen molar-refractivity contribution >= 4 is 5.82 Å². The second kappa shape index (κ2) is 6.33. The zero-order chi connectivity index (χ0) is 14.5. The van der Waals surface area contributed by atoms with Crippen molar-refractivity contribution in [2.24, 2.45) is 0 Å². The first-order valence-electron chi connectivity index (χ1n) is 7.07. The molecule has 0 N–H and O–H groups in total. The maximum atomic E-state index is 8.80. The van der Waals surface area contributed by atoms with Crippen LogP contribution >= 0.6 is 0 Å². The summed E-state index contributed by atoms with van der Waals surface area (Å²) in [6, 6.07) is 9.98. The molecule has 106 valence electrons. The Morgan fingerprint density at radius 1 is 1.05 bits per heavy atom. The minimum Gasteiger partial charge on any atom is -0.354 e. The number of hydrogen-bond donors (Lipinski definition) is 0. The molecule has 1 saturated heterocycles. The summed E-state index contributed by atoms with van der Waals surface area (Å²) in [6.07, 6.45) is 5.32. The van der Waals surface area contributed by atoms with E-state index in [9.17, 15) is 0 Å². The van der Waals surface area contributed by atoms with Gasteiger partial charge in [-0.05, 0) is 29.8 Å². The smallest absolute Gasteiger partial charge is 0.128 e. The first-order chi connectivity index (χ1) is 10.3. The summed E-state index contributed by atoms with van der Waals surface area (Å²) in [5, 5.41) is 8.80. The molecule has 3 rings (SSSR count). The standard InChI is InChI=1S/C16H17N5/c17-11-15-1-2-16(19-12-15)21-9-7-20(8-10-21)13-14-3-5-18-6-4-14/h1-6,12H,7-10,13H2. The summed E-state index contributed by atoms with van der Waals surface area (Å²) in [4.78, 5) is 13.1. The second-order valence-electron chi connectivity index (χ2n) is 5.14. The molecule has 0 aromatic carbocycles. The highest BCUT2D eigenvalue weighted by molar-refractivity contribution is 5.42. The van der Waals surface area contributed by atoms with Gasteiger partial charge in [0.2, 0.25) is 0 Å².